The predicted molar refractivity (Wildman–Crippen MR) is 139 cm³/mol. The zero-order chi connectivity index (χ0) is 28.0. The van der Waals surface area contributed by atoms with Crippen molar-refractivity contribution in [3.63, 3.8) is 0 Å². The van der Waals surface area contributed by atoms with Crippen LogP contribution in [0.3, 0.4) is 0 Å². The Morgan fingerprint density at radius 3 is 2.58 bits per heavy atom. The summed E-state index contributed by atoms with van der Waals surface area (Å²) in [6.45, 7) is 0.0805. The highest BCUT2D eigenvalue weighted by atomic mass is 19.4. The van der Waals surface area contributed by atoms with E-state index in [4.69, 9.17) is 4.42 Å². The molecule has 206 valence electrons. The van der Waals surface area contributed by atoms with Gasteiger partial charge in [0.05, 0.1) is 0 Å². The van der Waals surface area contributed by atoms with E-state index in [2.05, 4.69) is 20.5 Å². The number of aryl methyl sites for hydroxylation is 1. The molecule has 6 nitrogen and oxygen atoms in total. The van der Waals surface area contributed by atoms with Gasteiger partial charge in [-0.1, -0.05) is 18.2 Å². The van der Waals surface area contributed by atoms with E-state index in [1.807, 2.05) is 0 Å². The fraction of sp³-hybridized carbons (Fsp3) is 0.276. The van der Waals surface area contributed by atoms with Crippen molar-refractivity contribution in [3.05, 3.63) is 77.9 Å². The van der Waals surface area contributed by atoms with Gasteiger partial charge in [0.15, 0.2) is 11.4 Å². The standard InChI is InChI=1S/C29H24F5N5O/c1-39-15-36-38-27(39)21-13-19(30)8-9-20(21)17-4-2-5-18(12-17)28-37-25-11-16(14-35-24-7-3-6-23(24)31)10-22(26(25)40-28)29(32,33)34/h2,4-5,8-13,15,23-24,35H,3,6-7,14H2,1H3/t23-,24+/m0/s1. The lowest BCUT2D eigenvalue weighted by molar-refractivity contribution is -0.136. The lowest BCUT2D eigenvalue weighted by Crippen LogP contribution is -2.32. The molecule has 2 aromatic heterocycles. The van der Waals surface area contributed by atoms with Crippen molar-refractivity contribution >= 4 is 11.1 Å². The zero-order valence-corrected chi connectivity index (χ0v) is 21.3. The summed E-state index contributed by atoms with van der Waals surface area (Å²) in [4.78, 5) is 4.39. The monoisotopic (exact) mass is 553 g/mol. The van der Waals surface area contributed by atoms with Gasteiger partial charge < -0.3 is 14.3 Å². The smallest absolute Gasteiger partial charge is 0.420 e. The average molecular weight is 554 g/mol. The number of rotatable bonds is 6. The van der Waals surface area contributed by atoms with E-state index in [1.165, 1.54) is 24.5 Å². The van der Waals surface area contributed by atoms with Gasteiger partial charge in [-0.15, -0.1) is 10.2 Å². The van der Waals surface area contributed by atoms with Gasteiger partial charge in [-0.2, -0.15) is 13.2 Å². The van der Waals surface area contributed by atoms with Crippen LogP contribution in [-0.4, -0.2) is 32.0 Å². The molecule has 0 saturated heterocycles. The molecule has 1 aliphatic carbocycles. The quantitative estimate of drug-likeness (QED) is 0.227. The average Bonchev–Trinajstić information content (AvgIpc) is 3.66. The van der Waals surface area contributed by atoms with Crippen LogP contribution in [0.15, 0.2) is 65.3 Å². The first-order chi connectivity index (χ1) is 19.2. The van der Waals surface area contributed by atoms with Gasteiger partial charge in [-0.05, 0) is 72.4 Å². The molecule has 2 atom stereocenters. The van der Waals surface area contributed by atoms with Gasteiger partial charge in [0.2, 0.25) is 5.89 Å². The lowest BCUT2D eigenvalue weighted by Gasteiger charge is -2.15. The third kappa shape index (κ3) is 4.97. The molecular formula is C29H24F5N5O. The van der Waals surface area contributed by atoms with Crippen LogP contribution in [0.2, 0.25) is 0 Å². The van der Waals surface area contributed by atoms with Gasteiger partial charge in [-0.25, -0.2) is 13.8 Å². The van der Waals surface area contributed by atoms with E-state index >= 15 is 0 Å². The maximum absolute atomic E-state index is 14.2. The minimum Gasteiger partial charge on any atom is -0.435 e. The normalized spacial score (nSPS) is 17.6. The molecule has 40 heavy (non-hydrogen) atoms. The fourth-order valence-corrected chi connectivity index (χ4v) is 5.22. The highest BCUT2D eigenvalue weighted by molar-refractivity contribution is 5.84. The van der Waals surface area contributed by atoms with E-state index in [1.54, 1.807) is 41.9 Å². The molecule has 0 radical (unpaired) electrons. The third-order valence-electron chi connectivity index (χ3n) is 7.21. The van der Waals surface area contributed by atoms with Crippen LogP contribution >= 0.6 is 0 Å². The van der Waals surface area contributed by atoms with Crippen molar-refractivity contribution < 1.29 is 26.4 Å². The number of hydrogen-bond donors (Lipinski definition) is 1. The summed E-state index contributed by atoms with van der Waals surface area (Å²) in [5, 5.41) is 11.0. The molecular weight excluding hydrogens is 529 g/mol. The minimum absolute atomic E-state index is 0.00870. The third-order valence-corrected chi connectivity index (χ3v) is 7.21. The molecule has 3 aromatic carbocycles. The van der Waals surface area contributed by atoms with E-state index in [9.17, 15) is 22.0 Å². The summed E-state index contributed by atoms with van der Waals surface area (Å²) in [7, 11) is 1.74. The predicted octanol–water partition coefficient (Wildman–Crippen LogP) is 7.10. The van der Waals surface area contributed by atoms with Crippen molar-refractivity contribution in [2.24, 2.45) is 7.05 Å². The maximum atomic E-state index is 14.2. The van der Waals surface area contributed by atoms with Crippen molar-refractivity contribution in [1.82, 2.24) is 25.1 Å². The number of hydrogen-bond acceptors (Lipinski definition) is 5. The fourth-order valence-electron chi connectivity index (χ4n) is 5.22. The number of fused-ring (bicyclic) bond motifs is 1. The van der Waals surface area contributed by atoms with Crippen molar-refractivity contribution in [1.29, 1.82) is 0 Å². The molecule has 0 unspecified atom stereocenters. The maximum Gasteiger partial charge on any atom is 0.420 e. The van der Waals surface area contributed by atoms with E-state index in [-0.39, 0.29) is 29.6 Å². The van der Waals surface area contributed by atoms with E-state index in [0.29, 0.717) is 46.5 Å². The number of halogens is 5. The van der Waals surface area contributed by atoms with Gasteiger partial charge >= 0.3 is 6.18 Å². The Balaban J connectivity index is 1.39. The van der Waals surface area contributed by atoms with E-state index in [0.717, 1.165) is 12.5 Å². The summed E-state index contributed by atoms with van der Waals surface area (Å²) in [6, 6.07) is 13.4. The highest BCUT2D eigenvalue weighted by Crippen LogP contribution is 2.39. The van der Waals surface area contributed by atoms with Crippen molar-refractivity contribution in [2.45, 2.75) is 44.2 Å². The first-order valence-corrected chi connectivity index (χ1v) is 12.8. The number of oxazole rings is 1. The van der Waals surface area contributed by atoms with Crippen LogP contribution in [0.1, 0.15) is 30.4 Å². The largest absolute Gasteiger partial charge is 0.435 e. The Morgan fingerprint density at radius 1 is 1.02 bits per heavy atom. The van der Waals surface area contributed by atoms with Crippen LogP contribution in [0.4, 0.5) is 22.0 Å². The van der Waals surface area contributed by atoms with Crippen molar-refractivity contribution in [2.75, 3.05) is 0 Å². The molecule has 1 N–H and O–H groups in total. The van der Waals surface area contributed by atoms with E-state index < -0.39 is 23.7 Å². The molecule has 5 aromatic rings. The molecule has 11 heteroatoms. The number of nitrogens with zero attached hydrogens (tertiary/aromatic N) is 4. The van der Waals surface area contributed by atoms with Crippen LogP contribution in [-0.2, 0) is 19.8 Å². The van der Waals surface area contributed by atoms with Crippen LogP contribution in [0.25, 0.3) is 45.1 Å². The summed E-state index contributed by atoms with van der Waals surface area (Å²) in [5.41, 5.74) is 1.34. The van der Waals surface area contributed by atoms with Gasteiger partial charge in [0, 0.05) is 30.8 Å². The van der Waals surface area contributed by atoms with Crippen LogP contribution in [0, 0.1) is 5.82 Å². The molecule has 0 amide bonds. The number of alkyl halides is 4. The summed E-state index contributed by atoms with van der Waals surface area (Å²) < 4.78 is 77.6. The van der Waals surface area contributed by atoms with Crippen LogP contribution in [0.5, 0.6) is 0 Å². The molecule has 0 bridgehead atoms. The Bertz CT molecular complexity index is 1690. The molecule has 1 fully saturated rings. The Hall–Kier alpha value is -4.12. The van der Waals surface area contributed by atoms with Gasteiger partial charge in [0.25, 0.3) is 0 Å². The first kappa shape index (κ1) is 26.1. The summed E-state index contributed by atoms with van der Waals surface area (Å²) >= 11 is 0. The molecule has 0 aliphatic heterocycles. The SMILES string of the molecule is Cn1cnnc1-c1cc(F)ccc1-c1cccc(-c2nc3cc(CN[C@@H]4CCC[C@@H]4F)cc(C(F)(F)F)c3o2)c1. The number of aromatic nitrogens is 4. The molecule has 6 rings (SSSR count). The Labute approximate surface area is 225 Å². The van der Waals surface area contributed by atoms with Crippen LogP contribution < -0.4 is 5.32 Å². The second kappa shape index (κ2) is 10.1. The zero-order valence-electron chi connectivity index (χ0n) is 21.3. The van der Waals surface area contributed by atoms with Gasteiger partial charge in [-0.3, -0.25) is 0 Å². The Kier molecular flexibility index (Phi) is 6.61. The second-order valence-electron chi connectivity index (χ2n) is 9.98. The molecule has 1 saturated carbocycles. The lowest BCUT2D eigenvalue weighted by atomic mass is 9.97. The Morgan fingerprint density at radius 2 is 1.85 bits per heavy atom. The molecule has 1 aliphatic rings. The highest BCUT2D eigenvalue weighted by Gasteiger charge is 2.36. The topological polar surface area (TPSA) is 68.8 Å². The summed E-state index contributed by atoms with van der Waals surface area (Å²) in [6.07, 6.45) is -2.34. The number of benzene rings is 3. The first-order valence-electron chi connectivity index (χ1n) is 12.8. The molecule has 2 heterocycles. The number of nitrogens with one attached hydrogen (secondary N) is 1. The van der Waals surface area contributed by atoms with Gasteiger partial charge in [0.1, 0.15) is 29.4 Å². The summed E-state index contributed by atoms with van der Waals surface area (Å²) in [5.74, 6) is 0.0144. The minimum atomic E-state index is -4.68. The molecule has 0 spiro atoms. The van der Waals surface area contributed by atoms with Crippen molar-refractivity contribution in [3.8, 4) is 34.0 Å². The second-order valence-corrected chi connectivity index (χ2v) is 9.98.